The van der Waals surface area contributed by atoms with E-state index >= 15 is 0 Å². The van der Waals surface area contributed by atoms with Crippen molar-refractivity contribution in [1.82, 2.24) is 4.98 Å². The Labute approximate surface area is 130 Å². The first kappa shape index (κ1) is 15.2. The zero-order valence-electron chi connectivity index (χ0n) is 11.7. The number of hydrogen-bond acceptors (Lipinski definition) is 5. The minimum absolute atomic E-state index is 0.00165. The van der Waals surface area contributed by atoms with E-state index in [-0.39, 0.29) is 5.69 Å². The van der Waals surface area contributed by atoms with Crippen LogP contribution in [0.4, 0.5) is 23.0 Å². The fourth-order valence-corrected chi connectivity index (χ4v) is 2.34. The SMILES string of the molecule is CCNc1cc([N+](=O)[O-])cc(Nc2ccc(Br)cc2C)n1. The highest BCUT2D eigenvalue weighted by Crippen LogP contribution is 2.26. The van der Waals surface area contributed by atoms with Gasteiger partial charge in [0.2, 0.25) is 0 Å². The van der Waals surface area contributed by atoms with Gasteiger partial charge in [-0.2, -0.15) is 0 Å². The molecule has 21 heavy (non-hydrogen) atoms. The van der Waals surface area contributed by atoms with Crippen LogP contribution < -0.4 is 10.6 Å². The lowest BCUT2D eigenvalue weighted by atomic mass is 10.2. The Balaban J connectivity index is 2.36. The molecule has 1 heterocycles. The average molecular weight is 351 g/mol. The highest BCUT2D eigenvalue weighted by Gasteiger charge is 2.11. The number of anilines is 3. The second kappa shape index (κ2) is 6.53. The minimum Gasteiger partial charge on any atom is -0.370 e. The third-order valence-electron chi connectivity index (χ3n) is 2.83. The van der Waals surface area contributed by atoms with Crippen molar-refractivity contribution in [3.8, 4) is 0 Å². The molecule has 6 nitrogen and oxygen atoms in total. The molecule has 1 aromatic heterocycles. The standard InChI is InChI=1S/C14H15BrN4O2/c1-3-16-13-7-11(19(20)21)8-14(18-13)17-12-5-4-10(15)6-9(12)2/h4-8H,3H2,1-2H3,(H2,16,17,18). The predicted octanol–water partition coefficient (Wildman–Crippen LogP) is 4.24. The molecule has 0 unspecified atom stereocenters. The largest absolute Gasteiger partial charge is 0.370 e. The van der Waals surface area contributed by atoms with Crippen LogP contribution in [0.5, 0.6) is 0 Å². The first-order valence-electron chi connectivity index (χ1n) is 6.43. The quantitative estimate of drug-likeness (QED) is 0.622. The van der Waals surface area contributed by atoms with E-state index in [1.54, 1.807) is 0 Å². The van der Waals surface area contributed by atoms with Crippen molar-refractivity contribution in [3.05, 3.63) is 50.5 Å². The van der Waals surface area contributed by atoms with Crippen molar-refractivity contribution >= 4 is 38.9 Å². The number of benzene rings is 1. The molecule has 0 fully saturated rings. The van der Waals surface area contributed by atoms with E-state index in [1.165, 1.54) is 12.1 Å². The van der Waals surface area contributed by atoms with E-state index in [9.17, 15) is 10.1 Å². The molecule has 0 bridgehead atoms. The van der Waals surface area contributed by atoms with Crippen LogP contribution in [0.25, 0.3) is 0 Å². The Morgan fingerprint density at radius 3 is 2.62 bits per heavy atom. The van der Waals surface area contributed by atoms with Gasteiger partial charge in [-0.25, -0.2) is 4.98 Å². The van der Waals surface area contributed by atoms with E-state index in [1.807, 2.05) is 32.0 Å². The van der Waals surface area contributed by atoms with Gasteiger partial charge in [-0.1, -0.05) is 15.9 Å². The molecule has 1 aromatic carbocycles. The van der Waals surface area contributed by atoms with Gasteiger partial charge in [-0.05, 0) is 37.6 Å². The molecule has 2 N–H and O–H groups in total. The summed E-state index contributed by atoms with van der Waals surface area (Å²) >= 11 is 3.40. The van der Waals surface area contributed by atoms with Crippen LogP contribution >= 0.6 is 15.9 Å². The summed E-state index contributed by atoms with van der Waals surface area (Å²) in [5.74, 6) is 0.912. The van der Waals surface area contributed by atoms with Gasteiger partial charge in [-0.15, -0.1) is 0 Å². The third kappa shape index (κ3) is 3.91. The van der Waals surface area contributed by atoms with Crippen LogP contribution in [0.1, 0.15) is 12.5 Å². The summed E-state index contributed by atoms with van der Waals surface area (Å²) in [5, 5.41) is 17.1. The maximum atomic E-state index is 11.0. The lowest BCUT2D eigenvalue weighted by Crippen LogP contribution is -2.04. The topological polar surface area (TPSA) is 80.1 Å². The molecule has 0 atom stereocenters. The minimum atomic E-state index is -0.428. The zero-order chi connectivity index (χ0) is 15.4. The van der Waals surface area contributed by atoms with E-state index in [0.29, 0.717) is 18.2 Å². The summed E-state index contributed by atoms with van der Waals surface area (Å²) in [4.78, 5) is 14.9. The average Bonchev–Trinajstić information content (AvgIpc) is 2.42. The predicted molar refractivity (Wildman–Crippen MR) is 87.2 cm³/mol. The smallest absolute Gasteiger partial charge is 0.276 e. The van der Waals surface area contributed by atoms with Gasteiger partial charge in [0.1, 0.15) is 11.6 Å². The molecule has 0 spiro atoms. The van der Waals surface area contributed by atoms with E-state index in [0.717, 1.165) is 15.7 Å². The second-order valence-electron chi connectivity index (χ2n) is 4.47. The second-order valence-corrected chi connectivity index (χ2v) is 5.38. The molecule has 0 radical (unpaired) electrons. The molecule has 0 saturated carbocycles. The molecular weight excluding hydrogens is 336 g/mol. The molecule has 0 amide bonds. The number of nitrogens with one attached hydrogen (secondary N) is 2. The number of nitro groups is 1. The van der Waals surface area contributed by atoms with Crippen molar-refractivity contribution < 1.29 is 4.92 Å². The van der Waals surface area contributed by atoms with Crippen molar-refractivity contribution in [1.29, 1.82) is 0 Å². The maximum absolute atomic E-state index is 11.0. The lowest BCUT2D eigenvalue weighted by Gasteiger charge is -2.11. The monoisotopic (exact) mass is 350 g/mol. The van der Waals surface area contributed by atoms with E-state index in [2.05, 4.69) is 31.5 Å². The van der Waals surface area contributed by atoms with Crippen LogP contribution in [0.2, 0.25) is 0 Å². The third-order valence-corrected chi connectivity index (χ3v) is 3.32. The Morgan fingerprint density at radius 1 is 1.29 bits per heavy atom. The number of aromatic nitrogens is 1. The van der Waals surface area contributed by atoms with Crippen molar-refractivity contribution in [2.24, 2.45) is 0 Å². The number of hydrogen-bond donors (Lipinski definition) is 2. The van der Waals surface area contributed by atoms with Crippen molar-refractivity contribution in [2.75, 3.05) is 17.2 Å². The summed E-state index contributed by atoms with van der Waals surface area (Å²) in [6, 6.07) is 8.60. The van der Waals surface area contributed by atoms with Gasteiger partial charge in [0.05, 0.1) is 17.1 Å². The number of rotatable bonds is 5. The summed E-state index contributed by atoms with van der Waals surface area (Å²) in [7, 11) is 0. The van der Waals surface area contributed by atoms with Crippen LogP contribution in [0.3, 0.4) is 0 Å². The molecule has 0 aliphatic heterocycles. The van der Waals surface area contributed by atoms with Gasteiger partial charge in [0.15, 0.2) is 0 Å². The van der Waals surface area contributed by atoms with E-state index < -0.39 is 4.92 Å². The van der Waals surface area contributed by atoms with Crippen LogP contribution in [-0.4, -0.2) is 16.5 Å². The molecular formula is C14H15BrN4O2. The highest BCUT2D eigenvalue weighted by atomic mass is 79.9. The van der Waals surface area contributed by atoms with Crippen LogP contribution in [0, 0.1) is 17.0 Å². The molecule has 2 rings (SSSR count). The van der Waals surface area contributed by atoms with Gasteiger partial charge < -0.3 is 10.6 Å². The van der Waals surface area contributed by atoms with Gasteiger partial charge >= 0.3 is 0 Å². The first-order valence-corrected chi connectivity index (χ1v) is 7.22. The van der Waals surface area contributed by atoms with Gasteiger partial charge in [0, 0.05) is 16.7 Å². The zero-order valence-corrected chi connectivity index (χ0v) is 13.3. The van der Waals surface area contributed by atoms with Crippen molar-refractivity contribution in [2.45, 2.75) is 13.8 Å². The fraction of sp³-hybridized carbons (Fsp3) is 0.214. The maximum Gasteiger partial charge on any atom is 0.276 e. The summed E-state index contributed by atoms with van der Waals surface area (Å²) < 4.78 is 0.978. The Kier molecular flexibility index (Phi) is 4.74. The van der Waals surface area contributed by atoms with Crippen LogP contribution in [-0.2, 0) is 0 Å². The molecule has 2 aromatic rings. The Morgan fingerprint density at radius 2 is 2.00 bits per heavy atom. The number of pyridine rings is 1. The normalized spacial score (nSPS) is 10.2. The molecule has 7 heteroatoms. The molecule has 0 aliphatic rings. The Bertz CT molecular complexity index is 676. The molecule has 0 aliphatic carbocycles. The summed E-state index contributed by atoms with van der Waals surface area (Å²) in [6.45, 7) is 4.51. The number of halogens is 1. The van der Waals surface area contributed by atoms with Gasteiger partial charge in [-0.3, -0.25) is 10.1 Å². The van der Waals surface area contributed by atoms with Gasteiger partial charge in [0.25, 0.3) is 5.69 Å². The fourth-order valence-electron chi connectivity index (χ4n) is 1.86. The number of nitrogens with zero attached hydrogens (tertiary/aromatic N) is 2. The summed E-state index contributed by atoms with van der Waals surface area (Å²) in [6.07, 6.45) is 0. The molecule has 0 saturated heterocycles. The Hall–Kier alpha value is -2.15. The van der Waals surface area contributed by atoms with Crippen LogP contribution in [0.15, 0.2) is 34.8 Å². The highest BCUT2D eigenvalue weighted by molar-refractivity contribution is 9.10. The lowest BCUT2D eigenvalue weighted by molar-refractivity contribution is -0.384. The molecule has 110 valence electrons. The van der Waals surface area contributed by atoms with E-state index in [4.69, 9.17) is 0 Å². The number of aryl methyl sites for hydroxylation is 1. The first-order chi connectivity index (χ1) is 9.99. The summed E-state index contributed by atoms with van der Waals surface area (Å²) in [5.41, 5.74) is 1.87. The van der Waals surface area contributed by atoms with Crippen molar-refractivity contribution in [3.63, 3.8) is 0 Å².